The Morgan fingerprint density at radius 2 is 1.67 bits per heavy atom. The maximum Gasteiger partial charge on any atom is 0.426 e. The van der Waals surface area contributed by atoms with Gasteiger partial charge < -0.3 is 4.74 Å². The van der Waals surface area contributed by atoms with Crippen LogP contribution in [0.2, 0.25) is 0 Å². The van der Waals surface area contributed by atoms with Gasteiger partial charge in [-0.25, -0.2) is 4.39 Å². The van der Waals surface area contributed by atoms with Crippen LogP contribution in [0.3, 0.4) is 0 Å². The van der Waals surface area contributed by atoms with Crippen LogP contribution in [0.1, 0.15) is 49.3 Å². The van der Waals surface area contributed by atoms with E-state index in [1.54, 1.807) is 12.1 Å². The largest absolute Gasteiger partial charge is 0.426 e. The lowest BCUT2D eigenvalue weighted by molar-refractivity contribution is -0.187. The molecule has 1 nitrogen and oxygen atoms in total. The van der Waals surface area contributed by atoms with Crippen molar-refractivity contribution in [3.8, 4) is 5.75 Å². The third-order valence-corrected chi connectivity index (χ3v) is 5.60. The molecule has 0 fully saturated rings. The van der Waals surface area contributed by atoms with Crippen LogP contribution in [0.15, 0.2) is 36.4 Å². The van der Waals surface area contributed by atoms with Gasteiger partial charge in [0.15, 0.2) is 11.6 Å². The summed E-state index contributed by atoms with van der Waals surface area (Å²) in [5, 5.41) is 0. The van der Waals surface area contributed by atoms with E-state index in [0.29, 0.717) is 3.92 Å². The smallest absolute Gasteiger partial charge is 0.426 e. The third kappa shape index (κ3) is 6.09. The summed E-state index contributed by atoms with van der Waals surface area (Å²) in [6, 6.07) is 8.00. The third-order valence-electron chi connectivity index (χ3n) is 4.35. The minimum atomic E-state index is -3.75. The molecule has 6 heteroatoms. The molecule has 0 aromatic heterocycles. The van der Waals surface area contributed by atoms with Gasteiger partial charge in [-0.05, 0) is 61.9 Å². The van der Waals surface area contributed by atoms with Crippen LogP contribution in [-0.2, 0) is 12.5 Å². The Hall–Kier alpha value is -1.31. The van der Waals surface area contributed by atoms with Gasteiger partial charge in [-0.15, -0.1) is 0 Å². The molecule has 0 heterocycles. The Kier molecular flexibility index (Phi) is 7.94. The minimum Gasteiger partial charge on any atom is -0.426 e. The molecule has 27 heavy (non-hydrogen) atoms. The van der Waals surface area contributed by atoms with Gasteiger partial charge in [-0.1, -0.05) is 54.1 Å². The van der Waals surface area contributed by atoms with Crippen molar-refractivity contribution >= 4 is 22.6 Å². The lowest BCUT2D eigenvalue weighted by atomic mass is 10.0. The minimum absolute atomic E-state index is 0.0280. The van der Waals surface area contributed by atoms with Gasteiger partial charge in [0, 0.05) is 3.92 Å². The zero-order valence-corrected chi connectivity index (χ0v) is 17.5. The Bertz CT molecular complexity index is 747. The van der Waals surface area contributed by atoms with E-state index in [2.05, 4.69) is 34.3 Å². The summed E-state index contributed by atoms with van der Waals surface area (Å²) in [4.78, 5) is 0. The molecule has 0 bridgehead atoms. The van der Waals surface area contributed by atoms with E-state index in [1.807, 2.05) is 0 Å². The molecule has 0 saturated carbocycles. The van der Waals surface area contributed by atoms with Gasteiger partial charge in [0.05, 0.1) is 5.56 Å². The molecule has 0 saturated heterocycles. The predicted molar refractivity (Wildman–Crippen MR) is 108 cm³/mol. The molecule has 2 aromatic rings. The van der Waals surface area contributed by atoms with E-state index >= 15 is 0 Å². The van der Waals surface area contributed by atoms with Crippen molar-refractivity contribution in [1.29, 1.82) is 0 Å². The molecule has 148 valence electrons. The fourth-order valence-corrected chi connectivity index (χ4v) is 3.82. The zero-order chi connectivity index (χ0) is 20.0. The van der Waals surface area contributed by atoms with Crippen molar-refractivity contribution in [2.45, 2.75) is 56.0 Å². The molecule has 0 aliphatic heterocycles. The van der Waals surface area contributed by atoms with Crippen molar-refractivity contribution in [1.82, 2.24) is 0 Å². The molecule has 2 aromatic carbocycles. The second-order valence-electron chi connectivity index (χ2n) is 6.60. The number of hydrogen-bond acceptors (Lipinski definition) is 1. The normalized spacial score (nSPS) is 12.9. The number of alkyl halides is 3. The highest BCUT2D eigenvalue weighted by Crippen LogP contribution is 2.34. The summed E-state index contributed by atoms with van der Waals surface area (Å²) >= 11 is 2.44. The SMILES string of the molecule is CCCC(I)CCCc1ccc(C(F)(F)Oc2ccc(C)c(F)c2F)cc1. The summed E-state index contributed by atoms with van der Waals surface area (Å²) in [5.41, 5.74) is 0.590. The van der Waals surface area contributed by atoms with Crippen LogP contribution >= 0.6 is 22.6 Å². The summed E-state index contributed by atoms with van der Waals surface area (Å²) in [6.45, 7) is 3.51. The maximum absolute atomic E-state index is 14.3. The van der Waals surface area contributed by atoms with E-state index < -0.39 is 29.1 Å². The number of halogens is 5. The van der Waals surface area contributed by atoms with Crippen LogP contribution < -0.4 is 4.74 Å². The Morgan fingerprint density at radius 3 is 2.30 bits per heavy atom. The first-order chi connectivity index (χ1) is 12.7. The summed E-state index contributed by atoms with van der Waals surface area (Å²) in [7, 11) is 0. The molecule has 0 aliphatic carbocycles. The Labute approximate surface area is 171 Å². The van der Waals surface area contributed by atoms with Crippen LogP contribution in [0, 0.1) is 18.6 Å². The molecular formula is C21H23F4IO. The molecular weight excluding hydrogens is 471 g/mol. The van der Waals surface area contributed by atoms with Gasteiger partial charge in [0.1, 0.15) is 0 Å². The van der Waals surface area contributed by atoms with Crippen molar-refractivity contribution < 1.29 is 22.3 Å². The average molecular weight is 494 g/mol. The summed E-state index contributed by atoms with van der Waals surface area (Å²) in [6.07, 6.45) is 1.48. The van der Waals surface area contributed by atoms with E-state index in [1.165, 1.54) is 31.5 Å². The molecule has 1 atom stereocenters. The first kappa shape index (κ1) is 22.0. The van der Waals surface area contributed by atoms with E-state index in [9.17, 15) is 17.6 Å². The van der Waals surface area contributed by atoms with Crippen molar-refractivity contribution in [3.63, 3.8) is 0 Å². The number of hydrogen-bond donors (Lipinski definition) is 0. The van der Waals surface area contributed by atoms with Gasteiger partial charge in [0.2, 0.25) is 5.82 Å². The topological polar surface area (TPSA) is 9.23 Å². The standard InChI is InChI=1S/C21H23F4IO/c1-3-5-17(26)7-4-6-15-9-11-16(12-10-15)21(24,25)27-18-13-8-14(2)19(22)20(18)23/h8-13,17H,3-7H2,1-2H3. The molecule has 0 spiro atoms. The highest BCUT2D eigenvalue weighted by molar-refractivity contribution is 14.1. The number of ether oxygens (including phenoxy) is 1. The van der Waals surface area contributed by atoms with Crippen LogP contribution in [-0.4, -0.2) is 3.92 Å². The molecule has 0 amide bonds. The van der Waals surface area contributed by atoms with Gasteiger partial charge in [-0.2, -0.15) is 13.2 Å². The highest BCUT2D eigenvalue weighted by atomic mass is 127. The van der Waals surface area contributed by atoms with E-state index in [-0.39, 0.29) is 5.56 Å². The zero-order valence-electron chi connectivity index (χ0n) is 15.4. The molecule has 2 rings (SSSR count). The first-order valence-electron chi connectivity index (χ1n) is 8.99. The predicted octanol–water partition coefficient (Wildman–Crippen LogP) is 7.33. The molecule has 0 radical (unpaired) electrons. The second-order valence-corrected chi connectivity index (χ2v) is 8.36. The lowest BCUT2D eigenvalue weighted by Crippen LogP contribution is -2.22. The van der Waals surface area contributed by atoms with Crippen molar-refractivity contribution in [2.75, 3.05) is 0 Å². The maximum atomic E-state index is 14.3. The second kappa shape index (κ2) is 9.75. The van der Waals surface area contributed by atoms with E-state index in [0.717, 1.165) is 37.3 Å². The first-order valence-corrected chi connectivity index (χ1v) is 10.2. The van der Waals surface area contributed by atoms with E-state index in [4.69, 9.17) is 0 Å². The number of rotatable bonds is 9. The number of aryl methyl sites for hydroxylation is 2. The summed E-state index contributed by atoms with van der Waals surface area (Å²) in [5.74, 6) is -3.40. The fraction of sp³-hybridized carbons (Fsp3) is 0.429. The lowest BCUT2D eigenvalue weighted by Gasteiger charge is -2.19. The molecule has 0 N–H and O–H groups in total. The van der Waals surface area contributed by atoms with Crippen molar-refractivity contribution in [3.05, 3.63) is 64.7 Å². The van der Waals surface area contributed by atoms with Gasteiger partial charge in [0.25, 0.3) is 0 Å². The molecule has 1 unspecified atom stereocenters. The highest BCUT2D eigenvalue weighted by Gasteiger charge is 2.35. The Balaban J connectivity index is 2.01. The monoisotopic (exact) mass is 494 g/mol. The van der Waals surface area contributed by atoms with Gasteiger partial charge in [-0.3, -0.25) is 0 Å². The Morgan fingerprint density at radius 1 is 1.00 bits per heavy atom. The van der Waals surface area contributed by atoms with Crippen LogP contribution in [0.25, 0.3) is 0 Å². The van der Waals surface area contributed by atoms with Crippen LogP contribution in [0.4, 0.5) is 17.6 Å². The number of benzene rings is 2. The summed E-state index contributed by atoms with van der Waals surface area (Å²) < 4.78 is 61.1. The van der Waals surface area contributed by atoms with Crippen LogP contribution in [0.5, 0.6) is 5.75 Å². The molecule has 0 aliphatic rings. The average Bonchev–Trinajstić information content (AvgIpc) is 2.63. The van der Waals surface area contributed by atoms with Crippen molar-refractivity contribution in [2.24, 2.45) is 0 Å². The fourth-order valence-electron chi connectivity index (χ4n) is 2.75. The quantitative estimate of drug-likeness (QED) is 0.202. The van der Waals surface area contributed by atoms with Gasteiger partial charge >= 0.3 is 6.11 Å².